The van der Waals surface area contributed by atoms with Crippen LogP contribution in [0, 0.1) is 11.3 Å². The molecule has 2 atom stereocenters. The van der Waals surface area contributed by atoms with Crippen molar-refractivity contribution in [1.82, 2.24) is 5.32 Å². The first-order valence-corrected chi connectivity index (χ1v) is 6.33. The van der Waals surface area contributed by atoms with E-state index in [1.807, 2.05) is 6.92 Å². The highest BCUT2D eigenvalue weighted by Crippen LogP contribution is 2.40. The number of ether oxygens (including phenoxy) is 1. The van der Waals surface area contributed by atoms with Crippen LogP contribution in [0.1, 0.15) is 47.0 Å². The van der Waals surface area contributed by atoms with E-state index in [0.717, 1.165) is 6.54 Å². The number of hydrogen-bond donors (Lipinski definition) is 1. The third kappa shape index (κ3) is 4.12. The molecule has 0 saturated heterocycles. The Bertz CT molecular complexity index is 238. The number of esters is 1. The molecule has 0 aromatic carbocycles. The van der Waals surface area contributed by atoms with Crippen LogP contribution >= 0.6 is 0 Å². The average Bonchev–Trinajstić information content (AvgIpc) is 2.40. The molecule has 16 heavy (non-hydrogen) atoms. The van der Waals surface area contributed by atoms with Crippen LogP contribution in [0.4, 0.5) is 0 Å². The molecule has 1 aliphatic carbocycles. The maximum Gasteiger partial charge on any atom is 0.307 e. The summed E-state index contributed by atoms with van der Waals surface area (Å²) in [5, 5.41) is 3.48. The highest BCUT2D eigenvalue weighted by Gasteiger charge is 2.36. The highest BCUT2D eigenvalue weighted by atomic mass is 16.5. The zero-order chi connectivity index (χ0) is 12.2. The van der Waals surface area contributed by atoms with Crippen LogP contribution in [-0.2, 0) is 9.53 Å². The molecule has 94 valence electrons. The minimum atomic E-state index is -0.0973. The molecule has 0 aliphatic heterocycles. The lowest BCUT2D eigenvalue weighted by Gasteiger charge is -2.18. The normalized spacial score (nSPS) is 28.0. The molecule has 0 aromatic rings. The first-order valence-electron chi connectivity index (χ1n) is 6.33. The van der Waals surface area contributed by atoms with Gasteiger partial charge in [-0.3, -0.25) is 4.79 Å². The van der Waals surface area contributed by atoms with E-state index < -0.39 is 0 Å². The van der Waals surface area contributed by atoms with E-state index in [4.69, 9.17) is 4.74 Å². The van der Waals surface area contributed by atoms with E-state index in [1.54, 1.807) is 0 Å². The Morgan fingerprint density at radius 3 is 2.62 bits per heavy atom. The van der Waals surface area contributed by atoms with Crippen molar-refractivity contribution in [1.29, 1.82) is 0 Å². The summed E-state index contributed by atoms with van der Waals surface area (Å²) in [5.74, 6) is 0.608. The Hall–Kier alpha value is -0.570. The minimum Gasteiger partial charge on any atom is -0.466 e. The van der Waals surface area contributed by atoms with Gasteiger partial charge in [-0.2, -0.15) is 0 Å². The van der Waals surface area contributed by atoms with Crippen molar-refractivity contribution in [3.8, 4) is 0 Å². The van der Waals surface area contributed by atoms with Gasteiger partial charge in [0.1, 0.15) is 0 Å². The monoisotopic (exact) mass is 227 g/mol. The molecule has 1 fully saturated rings. The molecule has 0 bridgehead atoms. The Labute approximate surface area is 98.9 Å². The molecule has 2 unspecified atom stereocenters. The molecular formula is C13H25NO2. The van der Waals surface area contributed by atoms with Crippen molar-refractivity contribution in [2.45, 2.75) is 53.0 Å². The standard InChI is InChI=1S/C13H25NO2/c1-5-16-12(15)6-7-14-11-9-13(3,4)8-10(11)2/h10-11,14H,5-9H2,1-4H3. The van der Waals surface area contributed by atoms with Gasteiger partial charge in [0.2, 0.25) is 0 Å². The van der Waals surface area contributed by atoms with Gasteiger partial charge in [0.25, 0.3) is 0 Å². The maximum atomic E-state index is 11.2. The van der Waals surface area contributed by atoms with Crippen LogP contribution < -0.4 is 5.32 Å². The number of hydrogen-bond acceptors (Lipinski definition) is 3. The lowest BCUT2D eigenvalue weighted by molar-refractivity contribution is -0.143. The quantitative estimate of drug-likeness (QED) is 0.733. The van der Waals surface area contributed by atoms with E-state index in [9.17, 15) is 4.79 Å². The summed E-state index contributed by atoms with van der Waals surface area (Å²) < 4.78 is 4.90. The van der Waals surface area contributed by atoms with Crippen molar-refractivity contribution in [2.24, 2.45) is 11.3 Å². The number of carbonyl (C=O) groups excluding carboxylic acids is 1. The van der Waals surface area contributed by atoms with Crippen molar-refractivity contribution in [3.05, 3.63) is 0 Å². The molecule has 1 N–H and O–H groups in total. The summed E-state index contributed by atoms with van der Waals surface area (Å²) in [7, 11) is 0. The summed E-state index contributed by atoms with van der Waals surface area (Å²) in [6.45, 7) is 9.98. The van der Waals surface area contributed by atoms with E-state index >= 15 is 0 Å². The number of nitrogens with one attached hydrogen (secondary N) is 1. The van der Waals surface area contributed by atoms with Crippen LogP contribution in [0.3, 0.4) is 0 Å². The first-order chi connectivity index (χ1) is 7.44. The van der Waals surface area contributed by atoms with Gasteiger partial charge in [0.05, 0.1) is 13.0 Å². The van der Waals surface area contributed by atoms with Crippen molar-refractivity contribution >= 4 is 5.97 Å². The molecule has 0 aromatic heterocycles. The molecule has 1 rings (SSSR count). The fraction of sp³-hybridized carbons (Fsp3) is 0.923. The Morgan fingerprint density at radius 1 is 1.44 bits per heavy atom. The summed E-state index contributed by atoms with van der Waals surface area (Å²) in [6, 6.07) is 0.560. The van der Waals surface area contributed by atoms with E-state index in [1.165, 1.54) is 12.8 Å². The molecule has 0 radical (unpaired) electrons. The van der Waals surface area contributed by atoms with Gasteiger partial charge < -0.3 is 10.1 Å². The van der Waals surface area contributed by atoms with Crippen molar-refractivity contribution < 1.29 is 9.53 Å². The summed E-state index contributed by atoms with van der Waals surface area (Å²) >= 11 is 0. The fourth-order valence-corrected chi connectivity index (χ4v) is 2.76. The molecular weight excluding hydrogens is 202 g/mol. The van der Waals surface area contributed by atoms with Gasteiger partial charge >= 0.3 is 5.97 Å². The van der Waals surface area contributed by atoms with Crippen molar-refractivity contribution in [2.75, 3.05) is 13.2 Å². The minimum absolute atomic E-state index is 0.0973. The van der Waals surface area contributed by atoms with Gasteiger partial charge in [-0.05, 0) is 31.1 Å². The second kappa shape index (κ2) is 5.67. The second-order valence-corrected chi connectivity index (χ2v) is 5.67. The maximum absolute atomic E-state index is 11.2. The van der Waals surface area contributed by atoms with E-state index in [0.29, 0.717) is 30.4 Å². The van der Waals surface area contributed by atoms with Gasteiger partial charge in [-0.15, -0.1) is 0 Å². The predicted molar refractivity (Wildman–Crippen MR) is 65.2 cm³/mol. The number of carbonyl (C=O) groups is 1. The first kappa shape index (κ1) is 13.5. The van der Waals surface area contributed by atoms with Crippen LogP contribution in [0.5, 0.6) is 0 Å². The smallest absolute Gasteiger partial charge is 0.307 e. The third-order valence-corrected chi connectivity index (χ3v) is 3.37. The largest absolute Gasteiger partial charge is 0.466 e. The summed E-state index contributed by atoms with van der Waals surface area (Å²) in [6.07, 6.45) is 2.96. The third-order valence-electron chi connectivity index (χ3n) is 3.37. The zero-order valence-electron chi connectivity index (χ0n) is 11.0. The zero-order valence-corrected chi connectivity index (χ0v) is 11.0. The van der Waals surface area contributed by atoms with Crippen LogP contribution in [0.2, 0.25) is 0 Å². The second-order valence-electron chi connectivity index (χ2n) is 5.67. The Balaban J connectivity index is 2.21. The van der Waals surface area contributed by atoms with E-state index in [2.05, 4.69) is 26.1 Å². The van der Waals surface area contributed by atoms with E-state index in [-0.39, 0.29) is 5.97 Å². The van der Waals surface area contributed by atoms with Crippen molar-refractivity contribution in [3.63, 3.8) is 0 Å². The molecule has 1 saturated carbocycles. The molecule has 0 spiro atoms. The van der Waals surface area contributed by atoms with Gasteiger partial charge in [-0.1, -0.05) is 20.8 Å². The number of rotatable bonds is 5. The molecule has 0 heterocycles. The lowest BCUT2D eigenvalue weighted by Crippen LogP contribution is -2.33. The molecule has 1 aliphatic rings. The average molecular weight is 227 g/mol. The van der Waals surface area contributed by atoms with Crippen LogP contribution in [-0.4, -0.2) is 25.2 Å². The predicted octanol–water partition coefficient (Wildman–Crippen LogP) is 2.35. The van der Waals surface area contributed by atoms with Gasteiger partial charge in [0, 0.05) is 12.6 Å². The molecule has 3 nitrogen and oxygen atoms in total. The molecule has 0 amide bonds. The Kier molecular flexibility index (Phi) is 4.78. The van der Waals surface area contributed by atoms with Gasteiger partial charge in [0.15, 0.2) is 0 Å². The molecule has 3 heteroatoms. The van der Waals surface area contributed by atoms with Crippen LogP contribution in [0.15, 0.2) is 0 Å². The Morgan fingerprint density at radius 2 is 2.12 bits per heavy atom. The summed E-state index contributed by atoms with van der Waals surface area (Å²) in [4.78, 5) is 11.2. The van der Waals surface area contributed by atoms with Crippen LogP contribution in [0.25, 0.3) is 0 Å². The van der Waals surface area contributed by atoms with Gasteiger partial charge in [-0.25, -0.2) is 0 Å². The summed E-state index contributed by atoms with van der Waals surface area (Å²) in [5.41, 5.74) is 0.445. The topological polar surface area (TPSA) is 38.3 Å². The SMILES string of the molecule is CCOC(=O)CCNC1CC(C)(C)CC1C. The lowest BCUT2D eigenvalue weighted by atomic mass is 9.91. The highest BCUT2D eigenvalue weighted by molar-refractivity contribution is 5.69. The fourth-order valence-electron chi connectivity index (χ4n) is 2.76.